The molecule has 0 spiro atoms. The van der Waals surface area contributed by atoms with Crippen LogP contribution in [0.25, 0.3) is 0 Å². The Kier molecular flexibility index (Phi) is 8.41. The van der Waals surface area contributed by atoms with Crippen LogP contribution >= 0.6 is 0 Å². The van der Waals surface area contributed by atoms with Crippen LogP contribution in [0.4, 0.5) is 10.5 Å². The summed E-state index contributed by atoms with van der Waals surface area (Å²) in [4.78, 5) is 28.4. The molecule has 0 radical (unpaired) electrons. The maximum absolute atomic E-state index is 12.2. The van der Waals surface area contributed by atoms with Gasteiger partial charge in [0.25, 0.3) is 0 Å². The summed E-state index contributed by atoms with van der Waals surface area (Å²) in [5.41, 5.74) is 0.883. The number of nitrogens with zero attached hydrogens (tertiary/aromatic N) is 2. The van der Waals surface area contributed by atoms with E-state index in [0.29, 0.717) is 19.5 Å². The predicted molar refractivity (Wildman–Crippen MR) is 105 cm³/mol. The molecule has 6 heteroatoms. The van der Waals surface area contributed by atoms with E-state index in [1.807, 2.05) is 30.3 Å². The van der Waals surface area contributed by atoms with E-state index in [1.54, 1.807) is 4.90 Å². The van der Waals surface area contributed by atoms with Crippen LogP contribution in [-0.4, -0.2) is 55.6 Å². The van der Waals surface area contributed by atoms with Crippen LogP contribution in [0.15, 0.2) is 30.3 Å². The van der Waals surface area contributed by atoms with Gasteiger partial charge in [-0.05, 0) is 51.0 Å². The first kappa shape index (κ1) is 20.2. The van der Waals surface area contributed by atoms with E-state index >= 15 is 0 Å². The van der Waals surface area contributed by atoms with E-state index in [4.69, 9.17) is 0 Å². The smallest absolute Gasteiger partial charge is 0.315 e. The first-order valence-corrected chi connectivity index (χ1v) is 9.76. The molecule has 1 aliphatic heterocycles. The lowest BCUT2D eigenvalue weighted by Gasteiger charge is -2.21. The van der Waals surface area contributed by atoms with Crippen molar-refractivity contribution in [1.82, 2.24) is 15.5 Å². The zero-order chi connectivity index (χ0) is 18.8. The summed E-state index contributed by atoms with van der Waals surface area (Å²) in [5, 5.41) is 5.83. The highest BCUT2D eigenvalue weighted by molar-refractivity contribution is 5.96. The number of anilines is 1. The lowest BCUT2D eigenvalue weighted by molar-refractivity contribution is -0.117. The predicted octanol–water partition coefficient (Wildman–Crippen LogP) is 2.60. The van der Waals surface area contributed by atoms with Gasteiger partial charge in [-0.1, -0.05) is 32.0 Å². The summed E-state index contributed by atoms with van der Waals surface area (Å²) in [5.74, 6) is 0.0521. The van der Waals surface area contributed by atoms with Gasteiger partial charge in [-0.3, -0.25) is 4.79 Å². The average molecular weight is 361 g/mol. The van der Waals surface area contributed by atoms with Gasteiger partial charge in [-0.2, -0.15) is 0 Å². The SMILES string of the molecule is CCCN(CCC)CCCNC(=O)N[C@H]1CC(=O)N(c2ccccc2)C1. The highest BCUT2D eigenvalue weighted by Gasteiger charge is 2.31. The number of urea groups is 1. The number of hydrogen-bond donors (Lipinski definition) is 2. The Balaban J connectivity index is 1.68. The van der Waals surface area contributed by atoms with E-state index in [0.717, 1.165) is 44.6 Å². The second-order valence-electron chi connectivity index (χ2n) is 6.84. The van der Waals surface area contributed by atoms with Crippen molar-refractivity contribution in [1.29, 1.82) is 0 Å². The first-order valence-electron chi connectivity index (χ1n) is 9.76. The highest BCUT2D eigenvalue weighted by Crippen LogP contribution is 2.20. The van der Waals surface area contributed by atoms with Gasteiger partial charge in [0.2, 0.25) is 5.91 Å². The van der Waals surface area contributed by atoms with Crippen LogP contribution < -0.4 is 15.5 Å². The molecule has 1 aromatic rings. The summed E-state index contributed by atoms with van der Waals surface area (Å²) < 4.78 is 0. The third-order valence-electron chi connectivity index (χ3n) is 4.54. The zero-order valence-corrected chi connectivity index (χ0v) is 16.0. The summed E-state index contributed by atoms with van der Waals surface area (Å²) in [7, 11) is 0. The molecule has 2 N–H and O–H groups in total. The van der Waals surface area contributed by atoms with Crippen LogP contribution in [0.2, 0.25) is 0 Å². The normalized spacial score (nSPS) is 17.0. The molecule has 144 valence electrons. The van der Waals surface area contributed by atoms with Crippen molar-refractivity contribution >= 4 is 17.6 Å². The van der Waals surface area contributed by atoms with Crippen LogP contribution in [-0.2, 0) is 4.79 Å². The Morgan fingerprint density at radius 3 is 2.50 bits per heavy atom. The molecule has 1 aromatic carbocycles. The van der Waals surface area contributed by atoms with Gasteiger partial charge < -0.3 is 20.4 Å². The van der Waals surface area contributed by atoms with Gasteiger partial charge in [0.1, 0.15) is 0 Å². The van der Waals surface area contributed by atoms with Crippen molar-refractivity contribution in [3.8, 4) is 0 Å². The molecule has 1 saturated heterocycles. The molecule has 26 heavy (non-hydrogen) atoms. The quantitative estimate of drug-likeness (QED) is 0.631. The molecule has 0 aliphatic carbocycles. The van der Waals surface area contributed by atoms with E-state index in [-0.39, 0.29) is 18.0 Å². The van der Waals surface area contributed by atoms with Crippen LogP contribution in [0, 0.1) is 0 Å². The summed E-state index contributed by atoms with van der Waals surface area (Å²) in [6, 6.07) is 9.26. The van der Waals surface area contributed by atoms with Crippen LogP contribution in [0.3, 0.4) is 0 Å². The van der Waals surface area contributed by atoms with Crippen molar-refractivity contribution in [2.45, 2.75) is 45.6 Å². The Morgan fingerprint density at radius 2 is 1.85 bits per heavy atom. The molecular weight excluding hydrogens is 328 g/mol. The van der Waals surface area contributed by atoms with Gasteiger partial charge in [0.05, 0.1) is 6.04 Å². The fourth-order valence-electron chi connectivity index (χ4n) is 3.37. The van der Waals surface area contributed by atoms with Gasteiger partial charge in [0, 0.05) is 25.2 Å². The van der Waals surface area contributed by atoms with Crippen LogP contribution in [0.5, 0.6) is 0 Å². The fourth-order valence-corrected chi connectivity index (χ4v) is 3.37. The van der Waals surface area contributed by atoms with Crippen molar-refractivity contribution < 1.29 is 9.59 Å². The van der Waals surface area contributed by atoms with E-state index in [1.165, 1.54) is 0 Å². The summed E-state index contributed by atoms with van der Waals surface area (Å²) >= 11 is 0. The topological polar surface area (TPSA) is 64.7 Å². The van der Waals surface area contributed by atoms with Crippen molar-refractivity contribution in [3.05, 3.63) is 30.3 Å². The molecule has 1 heterocycles. The number of hydrogen-bond acceptors (Lipinski definition) is 3. The maximum Gasteiger partial charge on any atom is 0.315 e. The molecule has 1 fully saturated rings. The standard InChI is InChI=1S/C20H32N4O2/c1-3-12-23(13-4-2)14-8-11-21-20(26)22-17-15-19(25)24(16-17)18-9-6-5-7-10-18/h5-7,9-10,17H,3-4,8,11-16H2,1-2H3,(H2,21,22,26)/t17-/m0/s1. The minimum atomic E-state index is -0.185. The molecule has 3 amide bonds. The molecule has 0 bridgehead atoms. The average Bonchev–Trinajstić information content (AvgIpc) is 3.00. The Bertz CT molecular complexity index is 558. The van der Waals surface area contributed by atoms with E-state index in [2.05, 4.69) is 29.4 Å². The minimum absolute atomic E-state index is 0.0521. The largest absolute Gasteiger partial charge is 0.338 e. The number of carbonyl (C=O) groups excluding carboxylic acids is 2. The van der Waals surface area contributed by atoms with Gasteiger partial charge in [-0.25, -0.2) is 4.79 Å². The number of carbonyl (C=O) groups is 2. The molecule has 0 aromatic heterocycles. The van der Waals surface area contributed by atoms with Gasteiger partial charge >= 0.3 is 6.03 Å². The maximum atomic E-state index is 12.2. The number of rotatable bonds is 10. The number of benzene rings is 1. The second kappa shape index (κ2) is 10.8. The second-order valence-corrected chi connectivity index (χ2v) is 6.84. The van der Waals surface area contributed by atoms with Crippen molar-refractivity contribution in [2.24, 2.45) is 0 Å². The van der Waals surface area contributed by atoms with Gasteiger partial charge in [0.15, 0.2) is 0 Å². The lowest BCUT2D eigenvalue weighted by Crippen LogP contribution is -2.44. The number of nitrogens with one attached hydrogen (secondary N) is 2. The lowest BCUT2D eigenvalue weighted by atomic mass is 10.2. The van der Waals surface area contributed by atoms with Crippen molar-refractivity contribution in [3.63, 3.8) is 0 Å². The molecule has 1 atom stereocenters. The molecule has 0 unspecified atom stereocenters. The fraction of sp³-hybridized carbons (Fsp3) is 0.600. The first-order chi connectivity index (χ1) is 12.6. The highest BCUT2D eigenvalue weighted by atomic mass is 16.2. The molecule has 0 saturated carbocycles. The Labute approximate surface area is 156 Å². The minimum Gasteiger partial charge on any atom is -0.338 e. The third-order valence-corrected chi connectivity index (χ3v) is 4.54. The monoisotopic (exact) mass is 360 g/mol. The molecule has 2 rings (SSSR count). The Morgan fingerprint density at radius 1 is 1.15 bits per heavy atom. The molecular formula is C20H32N4O2. The Hall–Kier alpha value is -2.08. The third kappa shape index (κ3) is 6.33. The van der Waals surface area contributed by atoms with E-state index in [9.17, 15) is 9.59 Å². The van der Waals surface area contributed by atoms with Gasteiger partial charge in [-0.15, -0.1) is 0 Å². The van der Waals surface area contributed by atoms with Crippen molar-refractivity contribution in [2.75, 3.05) is 37.6 Å². The van der Waals surface area contributed by atoms with E-state index < -0.39 is 0 Å². The molecule has 6 nitrogen and oxygen atoms in total. The van der Waals surface area contributed by atoms with Crippen LogP contribution in [0.1, 0.15) is 39.5 Å². The molecule has 1 aliphatic rings. The zero-order valence-electron chi connectivity index (χ0n) is 16.0. The number of para-hydroxylation sites is 1. The summed E-state index contributed by atoms with van der Waals surface area (Å²) in [6.07, 6.45) is 3.60. The summed E-state index contributed by atoms with van der Waals surface area (Å²) in [6.45, 7) is 8.78. The number of amides is 3.